The number of benzene rings is 1. The summed E-state index contributed by atoms with van der Waals surface area (Å²) < 4.78 is 0. The van der Waals surface area contributed by atoms with Gasteiger partial charge >= 0.3 is 5.97 Å². The Morgan fingerprint density at radius 3 is 2.57 bits per heavy atom. The molecule has 0 unspecified atom stereocenters. The smallest absolute Gasteiger partial charge is 0.303 e. The number of aryl methyl sites for hydroxylation is 1. The van der Waals surface area contributed by atoms with Crippen LogP contribution in [0.15, 0.2) is 18.2 Å². The number of rotatable bonds is 7. The lowest BCUT2D eigenvalue weighted by Crippen LogP contribution is -2.29. The van der Waals surface area contributed by atoms with Gasteiger partial charge in [-0.3, -0.25) is 9.59 Å². The Morgan fingerprint density at radius 2 is 1.95 bits per heavy atom. The zero-order valence-corrected chi connectivity index (χ0v) is 12.9. The monoisotopic (exact) mass is 292 g/mol. The number of nitrogens with one attached hydrogen (secondary N) is 1. The van der Waals surface area contributed by atoms with Crippen LogP contribution < -0.4 is 11.1 Å². The maximum absolute atomic E-state index is 12.1. The second-order valence-electron chi connectivity index (χ2n) is 6.15. The van der Waals surface area contributed by atoms with Gasteiger partial charge in [0.1, 0.15) is 0 Å². The Hall–Kier alpha value is -2.04. The number of nitrogen functional groups attached to an aromatic ring is 1. The van der Waals surface area contributed by atoms with Gasteiger partial charge in [0.25, 0.3) is 5.91 Å². The summed E-state index contributed by atoms with van der Waals surface area (Å²) in [4.78, 5) is 22.7. The van der Waals surface area contributed by atoms with Crippen molar-refractivity contribution in [3.05, 3.63) is 29.3 Å². The molecule has 1 amide bonds. The van der Waals surface area contributed by atoms with E-state index in [2.05, 4.69) is 5.32 Å². The molecule has 1 rings (SSSR count). The maximum atomic E-state index is 12.1. The molecule has 1 aromatic carbocycles. The van der Waals surface area contributed by atoms with Gasteiger partial charge in [-0.05, 0) is 37.3 Å². The number of aliphatic carboxylic acids is 1. The molecule has 0 aliphatic rings. The number of carboxylic acid groups (broad SMARTS) is 1. The Bertz CT molecular complexity index is 524. The summed E-state index contributed by atoms with van der Waals surface area (Å²) in [6.07, 6.45) is 1.45. The van der Waals surface area contributed by atoms with Crippen LogP contribution in [0.2, 0.25) is 0 Å². The minimum atomic E-state index is -0.792. The fourth-order valence-electron chi connectivity index (χ4n) is 2.05. The van der Waals surface area contributed by atoms with Gasteiger partial charge in [0.05, 0.1) is 5.56 Å². The largest absolute Gasteiger partial charge is 0.481 e. The van der Waals surface area contributed by atoms with Gasteiger partial charge in [-0.15, -0.1) is 0 Å². The van der Waals surface area contributed by atoms with E-state index in [1.807, 2.05) is 26.8 Å². The van der Waals surface area contributed by atoms with Crippen LogP contribution in [0.3, 0.4) is 0 Å². The van der Waals surface area contributed by atoms with Crippen molar-refractivity contribution >= 4 is 17.6 Å². The molecule has 0 aromatic heterocycles. The number of amides is 1. The fourth-order valence-corrected chi connectivity index (χ4v) is 2.05. The van der Waals surface area contributed by atoms with Crippen molar-refractivity contribution in [1.82, 2.24) is 5.32 Å². The number of anilines is 1. The standard InChI is InChI=1S/C16H24N2O3/c1-11-4-5-13(17)12(10-11)15(21)18-9-8-16(2,3)7-6-14(19)20/h4-5,10H,6-9,17H2,1-3H3,(H,18,21)(H,19,20). The van der Waals surface area contributed by atoms with Crippen LogP contribution in [-0.4, -0.2) is 23.5 Å². The van der Waals surface area contributed by atoms with E-state index in [0.717, 1.165) is 12.0 Å². The zero-order valence-electron chi connectivity index (χ0n) is 12.9. The first-order valence-corrected chi connectivity index (χ1v) is 7.07. The Balaban J connectivity index is 2.50. The molecule has 0 heterocycles. The van der Waals surface area contributed by atoms with E-state index in [0.29, 0.717) is 24.2 Å². The average molecular weight is 292 g/mol. The minimum Gasteiger partial charge on any atom is -0.481 e. The van der Waals surface area contributed by atoms with Crippen LogP contribution in [-0.2, 0) is 4.79 Å². The lowest BCUT2D eigenvalue weighted by atomic mass is 9.84. The fraction of sp³-hybridized carbons (Fsp3) is 0.500. The van der Waals surface area contributed by atoms with E-state index in [1.165, 1.54) is 0 Å². The van der Waals surface area contributed by atoms with E-state index in [4.69, 9.17) is 10.8 Å². The molecular weight excluding hydrogens is 268 g/mol. The third kappa shape index (κ3) is 5.85. The van der Waals surface area contributed by atoms with E-state index >= 15 is 0 Å². The highest BCUT2D eigenvalue weighted by Gasteiger charge is 2.19. The maximum Gasteiger partial charge on any atom is 0.303 e. The first-order chi connectivity index (χ1) is 9.71. The number of hydrogen-bond acceptors (Lipinski definition) is 3. The highest BCUT2D eigenvalue weighted by molar-refractivity contribution is 5.99. The molecule has 5 heteroatoms. The Morgan fingerprint density at radius 1 is 1.29 bits per heavy atom. The van der Waals surface area contributed by atoms with E-state index < -0.39 is 5.97 Å². The molecule has 5 nitrogen and oxygen atoms in total. The molecule has 21 heavy (non-hydrogen) atoms. The lowest BCUT2D eigenvalue weighted by molar-refractivity contribution is -0.137. The molecule has 0 saturated heterocycles. The van der Waals surface area contributed by atoms with Crippen LogP contribution in [0.1, 0.15) is 49.0 Å². The van der Waals surface area contributed by atoms with Crippen molar-refractivity contribution in [2.75, 3.05) is 12.3 Å². The van der Waals surface area contributed by atoms with Crippen LogP contribution in [0.4, 0.5) is 5.69 Å². The number of carboxylic acids is 1. The van der Waals surface area contributed by atoms with Crippen LogP contribution in [0.25, 0.3) is 0 Å². The molecule has 0 aliphatic heterocycles. The summed E-state index contributed by atoms with van der Waals surface area (Å²) in [6.45, 7) is 6.41. The van der Waals surface area contributed by atoms with Crippen molar-refractivity contribution in [1.29, 1.82) is 0 Å². The molecule has 0 spiro atoms. The van der Waals surface area contributed by atoms with Crippen LogP contribution >= 0.6 is 0 Å². The molecule has 0 atom stereocenters. The average Bonchev–Trinajstić information content (AvgIpc) is 2.39. The lowest BCUT2D eigenvalue weighted by Gasteiger charge is -2.23. The van der Waals surface area contributed by atoms with E-state index in [-0.39, 0.29) is 17.7 Å². The number of carbonyl (C=O) groups excluding carboxylic acids is 1. The molecule has 1 aromatic rings. The van der Waals surface area contributed by atoms with Gasteiger partial charge in [-0.25, -0.2) is 0 Å². The van der Waals surface area contributed by atoms with Crippen LogP contribution in [0.5, 0.6) is 0 Å². The minimum absolute atomic E-state index is 0.121. The van der Waals surface area contributed by atoms with E-state index in [1.54, 1.807) is 12.1 Å². The molecule has 0 bridgehead atoms. The second-order valence-corrected chi connectivity index (χ2v) is 6.15. The van der Waals surface area contributed by atoms with Crippen molar-refractivity contribution in [2.45, 2.75) is 40.0 Å². The molecule has 0 aliphatic carbocycles. The number of carbonyl (C=O) groups is 2. The first-order valence-electron chi connectivity index (χ1n) is 7.07. The van der Waals surface area contributed by atoms with Gasteiger partial charge in [-0.1, -0.05) is 25.5 Å². The third-order valence-electron chi connectivity index (χ3n) is 3.56. The summed E-state index contributed by atoms with van der Waals surface area (Å²) >= 11 is 0. The normalized spacial score (nSPS) is 11.2. The molecule has 0 saturated carbocycles. The molecule has 0 radical (unpaired) electrons. The third-order valence-corrected chi connectivity index (χ3v) is 3.56. The summed E-state index contributed by atoms with van der Waals surface area (Å²) in [5.74, 6) is -0.982. The Labute approximate surface area is 125 Å². The van der Waals surface area contributed by atoms with Crippen molar-refractivity contribution in [3.63, 3.8) is 0 Å². The topological polar surface area (TPSA) is 92.4 Å². The van der Waals surface area contributed by atoms with Crippen molar-refractivity contribution in [3.8, 4) is 0 Å². The summed E-state index contributed by atoms with van der Waals surface area (Å²) in [5.41, 5.74) is 7.61. The molecule has 116 valence electrons. The molecular formula is C16H24N2O3. The van der Waals surface area contributed by atoms with Gasteiger partial charge in [0.15, 0.2) is 0 Å². The number of hydrogen-bond donors (Lipinski definition) is 3. The predicted molar refractivity (Wildman–Crippen MR) is 83.2 cm³/mol. The summed E-state index contributed by atoms with van der Waals surface area (Å²) in [7, 11) is 0. The molecule has 4 N–H and O–H groups in total. The SMILES string of the molecule is Cc1ccc(N)c(C(=O)NCCC(C)(C)CCC(=O)O)c1. The van der Waals surface area contributed by atoms with Gasteiger partial charge < -0.3 is 16.2 Å². The van der Waals surface area contributed by atoms with Gasteiger partial charge in [-0.2, -0.15) is 0 Å². The quantitative estimate of drug-likeness (QED) is 0.673. The Kier molecular flexibility index (Phi) is 5.76. The van der Waals surface area contributed by atoms with Crippen LogP contribution in [0, 0.1) is 12.3 Å². The zero-order chi connectivity index (χ0) is 16.0. The highest BCUT2D eigenvalue weighted by Crippen LogP contribution is 2.26. The van der Waals surface area contributed by atoms with Gasteiger partial charge in [0.2, 0.25) is 0 Å². The summed E-state index contributed by atoms with van der Waals surface area (Å²) in [5, 5.41) is 11.6. The number of nitrogens with two attached hydrogens (primary N) is 1. The van der Waals surface area contributed by atoms with Gasteiger partial charge in [0, 0.05) is 18.7 Å². The highest BCUT2D eigenvalue weighted by atomic mass is 16.4. The summed E-state index contributed by atoms with van der Waals surface area (Å²) in [6, 6.07) is 5.35. The molecule has 0 fully saturated rings. The second kappa shape index (κ2) is 7.11. The van der Waals surface area contributed by atoms with E-state index in [9.17, 15) is 9.59 Å². The van der Waals surface area contributed by atoms with Crippen molar-refractivity contribution in [2.24, 2.45) is 5.41 Å². The predicted octanol–water partition coefficient (Wildman–Crippen LogP) is 2.59. The first kappa shape index (κ1) is 17.0. The van der Waals surface area contributed by atoms with Crippen molar-refractivity contribution < 1.29 is 14.7 Å².